The second-order valence-corrected chi connectivity index (χ2v) is 3.99. The van der Waals surface area contributed by atoms with Crippen LogP contribution < -0.4 is 0 Å². The first-order valence-corrected chi connectivity index (χ1v) is 5.31. The van der Waals surface area contributed by atoms with E-state index in [1.807, 2.05) is 13.0 Å². The number of carboxylic acids is 1. The molecule has 0 fully saturated rings. The first kappa shape index (κ1) is 9.97. The Morgan fingerprint density at radius 3 is 3.20 bits per heavy atom. The van der Waals surface area contributed by atoms with E-state index in [-0.39, 0.29) is 5.75 Å². The van der Waals surface area contributed by atoms with Crippen LogP contribution in [0.5, 0.6) is 0 Å². The molecule has 0 amide bonds. The van der Waals surface area contributed by atoms with Crippen molar-refractivity contribution in [3.63, 3.8) is 0 Å². The summed E-state index contributed by atoms with van der Waals surface area (Å²) in [5, 5.41) is 13.5. The molecule has 2 aromatic heterocycles. The molecule has 1 N–H and O–H groups in total. The molecule has 2 rings (SSSR count). The molecule has 2 aromatic rings. The lowest BCUT2D eigenvalue weighted by Gasteiger charge is -1.99. The molecular weight excluding hydrogens is 214 g/mol. The molecule has 0 aliphatic carbocycles. The zero-order chi connectivity index (χ0) is 10.8. The summed E-state index contributed by atoms with van der Waals surface area (Å²) in [6.45, 7) is 1.89. The Morgan fingerprint density at radius 1 is 1.67 bits per heavy atom. The van der Waals surface area contributed by atoms with Gasteiger partial charge in [0.05, 0.1) is 17.0 Å². The highest BCUT2D eigenvalue weighted by Gasteiger charge is 2.07. The first-order valence-electron chi connectivity index (χ1n) is 4.32. The molecule has 6 heteroatoms. The van der Waals surface area contributed by atoms with Crippen LogP contribution in [0.2, 0.25) is 0 Å². The van der Waals surface area contributed by atoms with Gasteiger partial charge in [-0.05, 0) is 13.0 Å². The van der Waals surface area contributed by atoms with Crippen LogP contribution in [0.1, 0.15) is 5.69 Å². The molecular formula is C9H9N3O2S. The number of carbonyl (C=O) groups is 1. The molecule has 0 unspecified atom stereocenters. The quantitative estimate of drug-likeness (QED) is 0.792. The summed E-state index contributed by atoms with van der Waals surface area (Å²) in [5.41, 5.74) is 1.74. The minimum Gasteiger partial charge on any atom is -0.481 e. The molecule has 0 saturated heterocycles. The Labute approximate surface area is 90.1 Å². The lowest BCUT2D eigenvalue weighted by Crippen LogP contribution is -1.99. The molecule has 0 aromatic carbocycles. The molecule has 0 saturated carbocycles. The van der Waals surface area contributed by atoms with Gasteiger partial charge < -0.3 is 5.11 Å². The van der Waals surface area contributed by atoms with Crippen molar-refractivity contribution in [2.45, 2.75) is 11.9 Å². The van der Waals surface area contributed by atoms with Crippen molar-refractivity contribution in [3.8, 4) is 0 Å². The Balaban J connectivity index is 2.37. The summed E-state index contributed by atoms with van der Waals surface area (Å²) in [6.07, 6.45) is 3.36. The number of nitrogens with zero attached hydrogens (tertiary/aromatic N) is 3. The lowest BCUT2D eigenvalue weighted by atomic mass is 10.4. The summed E-state index contributed by atoms with van der Waals surface area (Å²) < 4.78 is 1.70. The number of aliphatic carboxylic acids is 1. The third-order valence-corrected chi connectivity index (χ3v) is 2.79. The van der Waals surface area contributed by atoms with Crippen molar-refractivity contribution in [1.29, 1.82) is 0 Å². The molecule has 5 nitrogen and oxygen atoms in total. The van der Waals surface area contributed by atoms with Crippen LogP contribution >= 0.6 is 11.8 Å². The van der Waals surface area contributed by atoms with Gasteiger partial charge in [0.2, 0.25) is 0 Å². The van der Waals surface area contributed by atoms with Crippen molar-refractivity contribution >= 4 is 23.2 Å². The maximum Gasteiger partial charge on any atom is 0.313 e. The Hall–Kier alpha value is -1.56. The Bertz CT molecular complexity index is 509. The maximum atomic E-state index is 10.4. The zero-order valence-electron chi connectivity index (χ0n) is 8.04. The largest absolute Gasteiger partial charge is 0.481 e. The molecule has 0 spiro atoms. The summed E-state index contributed by atoms with van der Waals surface area (Å²) in [7, 11) is 0. The van der Waals surface area contributed by atoms with E-state index in [4.69, 9.17) is 5.11 Å². The Kier molecular flexibility index (Phi) is 2.59. The van der Waals surface area contributed by atoms with E-state index in [0.29, 0.717) is 5.03 Å². The average Bonchev–Trinajstić information content (AvgIpc) is 2.55. The fourth-order valence-electron chi connectivity index (χ4n) is 1.26. The fraction of sp³-hybridized carbons (Fsp3) is 0.222. The zero-order valence-corrected chi connectivity index (χ0v) is 8.86. The third-order valence-electron chi connectivity index (χ3n) is 1.81. The summed E-state index contributed by atoms with van der Waals surface area (Å²) in [5.74, 6) is -0.836. The molecule has 78 valence electrons. The van der Waals surface area contributed by atoms with Gasteiger partial charge in [-0.1, -0.05) is 11.8 Å². The van der Waals surface area contributed by atoms with E-state index in [2.05, 4.69) is 10.1 Å². The predicted molar refractivity (Wildman–Crippen MR) is 56.1 cm³/mol. The van der Waals surface area contributed by atoms with Gasteiger partial charge in [0.15, 0.2) is 0 Å². The van der Waals surface area contributed by atoms with Crippen molar-refractivity contribution in [1.82, 2.24) is 14.6 Å². The lowest BCUT2D eigenvalue weighted by molar-refractivity contribution is -0.133. The molecule has 0 aliphatic heterocycles. The minimum atomic E-state index is -0.847. The second-order valence-electron chi connectivity index (χ2n) is 3.03. The molecule has 0 atom stereocenters. The SMILES string of the molecule is Cc1cc2c(SCC(=O)O)nccn2n1. The third kappa shape index (κ3) is 2.10. The van der Waals surface area contributed by atoms with Crippen LogP contribution in [-0.4, -0.2) is 31.4 Å². The van der Waals surface area contributed by atoms with E-state index >= 15 is 0 Å². The van der Waals surface area contributed by atoms with Crippen LogP contribution in [0.15, 0.2) is 23.5 Å². The van der Waals surface area contributed by atoms with Gasteiger partial charge >= 0.3 is 5.97 Å². The average molecular weight is 223 g/mol. The monoisotopic (exact) mass is 223 g/mol. The van der Waals surface area contributed by atoms with Crippen LogP contribution in [0.25, 0.3) is 5.52 Å². The standard InChI is InChI=1S/C9H9N3O2S/c1-6-4-7-9(15-5-8(13)14)10-2-3-12(7)11-6/h2-4H,5H2,1H3,(H,13,14). The van der Waals surface area contributed by atoms with Gasteiger partial charge in [-0.2, -0.15) is 5.10 Å². The maximum absolute atomic E-state index is 10.4. The number of hydrogen-bond donors (Lipinski definition) is 1. The highest BCUT2D eigenvalue weighted by molar-refractivity contribution is 8.00. The van der Waals surface area contributed by atoms with Gasteiger partial charge in [0, 0.05) is 12.4 Å². The van der Waals surface area contributed by atoms with Crippen molar-refractivity contribution in [2.75, 3.05) is 5.75 Å². The normalized spacial score (nSPS) is 10.7. The van der Waals surface area contributed by atoms with Gasteiger partial charge in [0.1, 0.15) is 5.03 Å². The second kappa shape index (κ2) is 3.90. The van der Waals surface area contributed by atoms with Gasteiger partial charge in [0.25, 0.3) is 0 Å². The number of aryl methyl sites for hydroxylation is 1. The van der Waals surface area contributed by atoms with Crippen LogP contribution in [0.4, 0.5) is 0 Å². The first-order chi connectivity index (χ1) is 7.16. The predicted octanol–water partition coefficient (Wildman–Crippen LogP) is 1.21. The number of thioether (sulfide) groups is 1. The molecule has 0 aliphatic rings. The van der Waals surface area contributed by atoms with E-state index in [1.54, 1.807) is 16.9 Å². The van der Waals surface area contributed by atoms with Crippen molar-refractivity contribution < 1.29 is 9.90 Å². The Morgan fingerprint density at radius 2 is 2.47 bits per heavy atom. The van der Waals surface area contributed by atoms with E-state index in [0.717, 1.165) is 11.2 Å². The van der Waals surface area contributed by atoms with E-state index < -0.39 is 5.97 Å². The smallest absolute Gasteiger partial charge is 0.313 e. The van der Waals surface area contributed by atoms with Crippen LogP contribution in [0, 0.1) is 6.92 Å². The molecule has 2 heterocycles. The summed E-state index contributed by atoms with van der Waals surface area (Å²) in [6, 6.07) is 1.89. The summed E-state index contributed by atoms with van der Waals surface area (Å²) in [4.78, 5) is 14.6. The van der Waals surface area contributed by atoms with Gasteiger partial charge in [-0.3, -0.25) is 4.79 Å². The number of fused-ring (bicyclic) bond motifs is 1. The molecule has 0 radical (unpaired) electrons. The van der Waals surface area contributed by atoms with Crippen LogP contribution in [-0.2, 0) is 4.79 Å². The number of rotatable bonds is 3. The summed E-state index contributed by atoms with van der Waals surface area (Å²) >= 11 is 1.20. The van der Waals surface area contributed by atoms with E-state index in [1.165, 1.54) is 11.8 Å². The topological polar surface area (TPSA) is 67.5 Å². The number of carboxylic acid groups (broad SMARTS) is 1. The minimum absolute atomic E-state index is 0.0108. The van der Waals surface area contributed by atoms with Gasteiger partial charge in [-0.25, -0.2) is 9.50 Å². The van der Waals surface area contributed by atoms with Crippen molar-refractivity contribution in [3.05, 3.63) is 24.2 Å². The van der Waals surface area contributed by atoms with Gasteiger partial charge in [-0.15, -0.1) is 0 Å². The highest BCUT2D eigenvalue weighted by Crippen LogP contribution is 2.21. The number of aromatic nitrogens is 3. The van der Waals surface area contributed by atoms with Crippen LogP contribution in [0.3, 0.4) is 0 Å². The van der Waals surface area contributed by atoms with E-state index in [9.17, 15) is 4.79 Å². The molecule has 15 heavy (non-hydrogen) atoms. The number of hydrogen-bond acceptors (Lipinski definition) is 4. The fourth-order valence-corrected chi connectivity index (χ4v) is 1.96. The highest BCUT2D eigenvalue weighted by atomic mass is 32.2. The van der Waals surface area contributed by atoms with Crippen molar-refractivity contribution in [2.24, 2.45) is 0 Å². The molecule has 0 bridgehead atoms.